The van der Waals surface area contributed by atoms with Crippen LogP contribution in [0.15, 0.2) is 59.0 Å². The Balaban J connectivity index is 1.63. The van der Waals surface area contributed by atoms with Crippen LogP contribution in [0.4, 0.5) is 4.39 Å². The van der Waals surface area contributed by atoms with Gasteiger partial charge in [0.25, 0.3) is 5.91 Å². The van der Waals surface area contributed by atoms with Crippen molar-refractivity contribution in [3.05, 3.63) is 66.2 Å². The minimum atomic E-state index is -0.706. The van der Waals surface area contributed by atoms with Crippen molar-refractivity contribution in [3.63, 3.8) is 0 Å². The fourth-order valence-electron chi connectivity index (χ4n) is 2.39. The highest BCUT2D eigenvalue weighted by molar-refractivity contribution is 5.82. The number of furan rings is 1. The van der Waals surface area contributed by atoms with Crippen LogP contribution in [-0.2, 0) is 4.79 Å². The molecule has 2 unspecified atom stereocenters. The monoisotopic (exact) mass is 327 g/mol. The molecule has 0 aliphatic carbocycles. The fourth-order valence-corrected chi connectivity index (χ4v) is 2.39. The zero-order chi connectivity index (χ0) is 17.1. The lowest BCUT2D eigenvalue weighted by Crippen LogP contribution is -2.37. The molecule has 0 aliphatic rings. The molecule has 0 fully saturated rings. The van der Waals surface area contributed by atoms with Crippen molar-refractivity contribution < 1.29 is 18.3 Å². The van der Waals surface area contributed by atoms with Crippen molar-refractivity contribution in [1.29, 1.82) is 0 Å². The van der Waals surface area contributed by atoms with Gasteiger partial charge in [0.05, 0.1) is 6.04 Å². The predicted molar refractivity (Wildman–Crippen MR) is 89.3 cm³/mol. The second-order valence-corrected chi connectivity index (χ2v) is 5.63. The van der Waals surface area contributed by atoms with Crippen molar-refractivity contribution in [2.45, 2.75) is 26.0 Å². The van der Waals surface area contributed by atoms with Crippen LogP contribution in [0.5, 0.6) is 5.75 Å². The van der Waals surface area contributed by atoms with Gasteiger partial charge in [-0.05, 0) is 50.2 Å². The smallest absolute Gasteiger partial charge is 0.261 e. The number of carbonyl (C=O) groups excluding carboxylic acids is 1. The Bertz CT molecular complexity index is 808. The summed E-state index contributed by atoms with van der Waals surface area (Å²) in [5.41, 5.74) is 0.782. The molecular formula is C19H18FNO3. The zero-order valence-corrected chi connectivity index (χ0v) is 13.5. The molecule has 0 aliphatic heterocycles. The third-order valence-electron chi connectivity index (χ3n) is 3.73. The van der Waals surface area contributed by atoms with Crippen molar-refractivity contribution in [1.82, 2.24) is 5.32 Å². The second-order valence-electron chi connectivity index (χ2n) is 5.63. The van der Waals surface area contributed by atoms with Gasteiger partial charge in [0.15, 0.2) is 6.10 Å². The van der Waals surface area contributed by atoms with E-state index in [-0.39, 0.29) is 17.8 Å². The summed E-state index contributed by atoms with van der Waals surface area (Å²) in [6.45, 7) is 3.49. The number of hydrogen-bond acceptors (Lipinski definition) is 3. The highest BCUT2D eigenvalue weighted by Gasteiger charge is 2.19. The van der Waals surface area contributed by atoms with Gasteiger partial charge < -0.3 is 14.5 Å². The van der Waals surface area contributed by atoms with Gasteiger partial charge >= 0.3 is 0 Å². The lowest BCUT2D eigenvalue weighted by molar-refractivity contribution is -0.128. The maximum atomic E-state index is 12.9. The number of nitrogens with one attached hydrogen (secondary N) is 1. The molecule has 4 nitrogen and oxygen atoms in total. The first-order valence-electron chi connectivity index (χ1n) is 7.74. The van der Waals surface area contributed by atoms with Crippen LogP contribution >= 0.6 is 0 Å². The molecule has 3 aromatic rings. The van der Waals surface area contributed by atoms with E-state index in [0.29, 0.717) is 11.5 Å². The quantitative estimate of drug-likeness (QED) is 0.763. The lowest BCUT2D eigenvalue weighted by Gasteiger charge is -2.17. The molecule has 0 saturated heterocycles. The topological polar surface area (TPSA) is 51.5 Å². The number of amides is 1. The summed E-state index contributed by atoms with van der Waals surface area (Å²) in [4.78, 5) is 12.3. The molecule has 0 saturated carbocycles. The maximum Gasteiger partial charge on any atom is 0.261 e. The molecular weight excluding hydrogens is 309 g/mol. The van der Waals surface area contributed by atoms with Gasteiger partial charge in [0.1, 0.15) is 22.9 Å². The summed E-state index contributed by atoms with van der Waals surface area (Å²) in [6.07, 6.45) is -0.706. The maximum absolute atomic E-state index is 12.9. The summed E-state index contributed by atoms with van der Waals surface area (Å²) in [5.74, 6) is 0.499. The third kappa shape index (κ3) is 3.56. The fraction of sp³-hybridized carbons (Fsp3) is 0.211. The van der Waals surface area contributed by atoms with Crippen LogP contribution in [0.2, 0.25) is 0 Å². The number of benzene rings is 2. The Morgan fingerprint density at radius 2 is 1.83 bits per heavy atom. The van der Waals surface area contributed by atoms with Crippen LogP contribution in [0.3, 0.4) is 0 Å². The van der Waals surface area contributed by atoms with Gasteiger partial charge in [-0.25, -0.2) is 4.39 Å². The first-order chi connectivity index (χ1) is 11.5. The number of fused-ring (bicyclic) bond motifs is 1. The van der Waals surface area contributed by atoms with Gasteiger partial charge in [-0.1, -0.05) is 18.2 Å². The molecule has 0 radical (unpaired) electrons. The van der Waals surface area contributed by atoms with Crippen LogP contribution in [0.1, 0.15) is 25.6 Å². The van der Waals surface area contributed by atoms with Crippen molar-refractivity contribution in [3.8, 4) is 5.75 Å². The van der Waals surface area contributed by atoms with E-state index in [9.17, 15) is 9.18 Å². The largest absolute Gasteiger partial charge is 0.481 e. The first-order valence-corrected chi connectivity index (χ1v) is 7.74. The molecule has 1 amide bonds. The van der Waals surface area contributed by atoms with E-state index in [2.05, 4.69) is 5.32 Å². The molecule has 0 bridgehead atoms. The highest BCUT2D eigenvalue weighted by atomic mass is 19.1. The highest BCUT2D eigenvalue weighted by Crippen LogP contribution is 2.23. The van der Waals surface area contributed by atoms with E-state index in [1.54, 1.807) is 6.92 Å². The Hall–Kier alpha value is -2.82. The summed E-state index contributed by atoms with van der Waals surface area (Å²) >= 11 is 0. The van der Waals surface area contributed by atoms with Crippen molar-refractivity contribution >= 4 is 16.9 Å². The second kappa shape index (κ2) is 6.74. The van der Waals surface area contributed by atoms with E-state index in [4.69, 9.17) is 9.15 Å². The van der Waals surface area contributed by atoms with Gasteiger partial charge in [-0.15, -0.1) is 0 Å². The van der Waals surface area contributed by atoms with E-state index in [0.717, 1.165) is 11.0 Å². The summed E-state index contributed by atoms with van der Waals surface area (Å²) < 4.78 is 24.1. The molecule has 24 heavy (non-hydrogen) atoms. The minimum Gasteiger partial charge on any atom is -0.481 e. The summed E-state index contributed by atoms with van der Waals surface area (Å²) in [7, 11) is 0. The SMILES string of the molecule is CC(Oc1ccc(F)cc1)C(=O)NC(C)c1cc2ccccc2o1. The summed E-state index contributed by atoms with van der Waals surface area (Å²) in [5, 5.41) is 3.85. The van der Waals surface area contributed by atoms with Gasteiger partial charge in [-0.3, -0.25) is 4.79 Å². The number of rotatable bonds is 5. The molecule has 1 heterocycles. The number of hydrogen-bond donors (Lipinski definition) is 1. The third-order valence-corrected chi connectivity index (χ3v) is 3.73. The molecule has 3 rings (SSSR count). The average molecular weight is 327 g/mol. The number of carbonyl (C=O) groups is 1. The van der Waals surface area contributed by atoms with Gasteiger partial charge in [0, 0.05) is 5.39 Å². The molecule has 1 N–H and O–H groups in total. The number of halogens is 1. The molecule has 2 atom stereocenters. The van der Waals surface area contributed by atoms with Crippen LogP contribution in [0.25, 0.3) is 11.0 Å². The van der Waals surface area contributed by atoms with Crippen LogP contribution < -0.4 is 10.1 Å². The van der Waals surface area contributed by atoms with Crippen molar-refractivity contribution in [2.75, 3.05) is 0 Å². The van der Waals surface area contributed by atoms with E-state index < -0.39 is 6.10 Å². The number of ether oxygens (including phenoxy) is 1. The predicted octanol–water partition coefficient (Wildman–Crippen LogP) is 4.22. The van der Waals surface area contributed by atoms with Crippen LogP contribution in [0, 0.1) is 5.82 Å². The molecule has 0 spiro atoms. The van der Waals surface area contributed by atoms with Gasteiger partial charge in [-0.2, -0.15) is 0 Å². The van der Waals surface area contributed by atoms with E-state index in [1.165, 1.54) is 24.3 Å². The molecule has 2 aromatic carbocycles. The Kier molecular flexibility index (Phi) is 4.51. The minimum absolute atomic E-state index is 0.271. The van der Waals surface area contributed by atoms with Crippen molar-refractivity contribution in [2.24, 2.45) is 0 Å². The van der Waals surface area contributed by atoms with E-state index >= 15 is 0 Å². The normalized spacial score (nSPS) is 13.5. The Labute approximate surface area is 139 Å². The van der Waals surface area contributed by atoms with E-state index in [1.807, 2.05) is 37.3 Å². The lowest BCUT2D eigenvalue weighted by atomic mass is 10.2. The Morgan fingerprint density at radius 1 is 1.12 bits per heavy atom. The number of para-hydroxylation sites is 1. The first kappa shape index (κ1) is 16.1. The van der Waals surface area contributed by atoms with Gasteiger partial charge in [0.2, 0.25) is 0 Å². The Morgan fingerprint density at radius 3 is 2.54 bits per heavy atom. The standard InChI is InChI=1S/C19H18FNO3/c1-12(18-11-14-5-3-4-6-17(14)24-18)21-19(22)13(2)23-16-9-7-15(20)8-10-16/h3-13H,1-2H3,(H,21,22). The molecule has 5 heteroatoms. The van der Waals surface area contributed by atoms with Crippen LogP contribution in [-0.4, -0.2) is 12.0 Å². The average Bonchev–Trinajstić information content (AvgIpc) is 3.01. The summed E-state index contributed by atoms with van der Waals surface area (Å²) in [6, 6.07) is 14.8. The molecule has 1 aromatic heterocycles. The zero-order valence-electron chi connectivity index (χ0n) is 13.5. The molecule has 124 valence electrons.